The highest BCUT2D eigenvalue weighted by atomic mass is 16.5. The molecule has 4 nitrogen and oxygen atoms in total. The summed E-state index contributed by atoms with van der Waals surface area (Å²) < 4.78 is 5.44. The number of hydrogen-bond donors (Lipinski definition) is 1. The second-order valence-electron chi connectivity index (χ2n) is 4.93. The third-order valence-electron chi connectivity index (χ3n) is 3.80. The predicted molar refractivity (Wildman–Crippen MR) is 82.5 cm³/mol. The summed E-state index contributed by atoms with van der Waals surface area (Å²) in [6.07, 6.45) is -0.214. The van der Waals surface area contributed by atoms with E-state index in [-0.39, 0.29) is 12.1 Å². The highest BCUT2D eigenvalue weighted by Gasteiger charge is 2.32. The molecule has 0 aromatic heterocycles. The molecule has 1 aliphatic rings. The zero-order valence-corrected chi connectivity index (χ0v) is 12.2. The standard InChI is InChI=1S/C17H18N2O2/c1-3-19-16(13-9-5-7-11-15(13)21-2)18-14-10-6-4-8-12(14)17(19)20/h4-11,16,18H,3H2,1-2H3. The quantitative estimate of drug-likeness (QED) is 0.939. The van der Waals surface area contributed by atoms with Crippen LogP contribution in [-0.2, 0) is 0 Å². The van der Waals surface area contributed by atoms with E-state index in [1.807, 2.05) is 60.4 Å². The maximum absolute atomic E-state index is 12.7. The molecule has 1 unspecified atom stereocenters. The fourth-order valence-corrected chi connectivity index (χ4v) is 2.76. The Balaban J connectivity index is 2.08. The van der Waals surface area contributed by atoms with Crippen LogP contribution >= 0.6 is 0 Å². The molecule has 21 heavy (non-hydrogen) atoms. The van der Waals surface area contributed by atoms with Gasteiger partial charge in [0.15, 0.2) is 0 Å². The van der Waals surface area contributed by atoms with Crippen molar-refractivity contribution in [3.8, 4) is 5.75 Å². The van der Waals surface area contributed by atoms with Crippen molar-refractivity contribution in [1.82, 2.24) is 4.90 Å². The normalized spacial score (nSPS) is 17.1. The molecule has 108 valence electrons. The average molecular weight is 282 g/mol. The van der Waals surface area contributed by atoms with E-state index in [4.69, 9.17) is 4.74 Å². The van der Waals surface area contributed by atoms with E-state index in [1.165, 1.54) is 0 Å². The lowest BCUT2D eigenvalue weighted by atomic mass is 10.0. The van der Waals surface area contributed by atoms with Crippen molar-refractivity contribution in [2.45, 2.75) is 13.1 Å². The number of hydrogen-bond acceptors (Lipinski definition) is 3. The first-order valence-corrected chi connectivity index (χ1v) is 7.05. The molecule has 0 saturated heterocycles. The first-order valence-electron chi connectivity index (χ1n) is 7.05. The Hall–Kier alpha value is -2.49. The SMILES string of the molecule is CCN1C(=O)c2ccccc2NC1c1ccccc1OC. The zero-order valence-electron chi connectivity index (χ0n) is 12.2. The van der Waals surface area contributed by atoms with Gasteiger partial charge < -0.3 is 15.0 Å². The molecule has 3 rings (SSSR count). The second-order valence-corrected chi connectivity index (χ2v) is 4.93. The van der Waals surface area contributed by atoms with Crippen molar-refractivity contribution in [3.63, 3.8) is 0 Å². The maximum atomic E-state index is 12.7. The van der Waals surface area contributed by atoms with Crippen molar-refractivity contribution < 1.29 is 9.53 Å². The van der Waals surface area contributed by atoms with E-state index in [9.17, 15) is 4.79 Å². The van der Waals surface area contributed by atoms with Gasteiger partial charge in [-0.25, -0.2) is 0 Å². The van der Waals surface area contributed by atoms with Crippen LogP contribution in [0.1, 0.15) is 29.0 Å². The topological polar surface area (TPSA) is 41.6 Å². The number of anilines is 1. The number of para-hydroxylation sites is 2. The molecule has 0 saturated carbocycles. The molecule has 0 spiro atoms. The van der Waals surface area contributed by atoms with E-state index in [2.05, 4.69) is 5.32 Å². The minimum atomic E-state index is -0.214. The predicted octanol–water partition coefficient (Wildman–Crippen LogP) is 3.28. The van der Waals surface area contributed by atoms with Gasteiger partial charge in [-0.05, 0) is 25.1 Å². The minimum Gasteiger partial charge on any atom is -0.496 e. The average Bonchev–Trinajstić information content (AvgIpc) is 2.54. The van der Waals surface area contributed by atoms with Crippen LogP contribution in [0.3, 0.4) is 0 Å². The third-order valence-corrected chi connectivity index (χ3v) is 3.80. The van der Waals surface area contributed by atoms with Gasteiger partial charge in [0.25, 0.3) is 5.91 Å². The number of benzene rings is 2. The number of ether oxygens (including phenoxy) is 1. The number of rotatable bonds is 3. The summed E-state index contributed by atoms with van der Waals surface area (Å²) >= 11 is 0. The van der Waals surface area contributed by atoms with E-state index in [0.29, 0.717) is 12.1 Å². The molecule has 2 aromatic carbocycles. The summed E-state index contributed by atoms with van der Waals surface area (Å²) in [5.41, 5.74) is 2.54. The molecule has 1 heterocycles. The van der Waals surface area contributed by atoms with Gasteiger partial charge in [0.1, 0.15) is 11.9 Å². The number of fused-ring (bicyclic) bond motifs is 1. The molecule has 0 aliphatic carbocycles. The van der Waals surface area contributed by atoms with Crippen LogP contribution in [0.2, 0.25) is 0 Å². The molecule has 0 bridgehead atoms. The Morgan fingerprint density at radius 2 is 1.86 bits per heavy atom. The number of nitrogens with one attached hydrogen (secondary N) is 1. The van der Waals surface area contributed by atoms with Crippen molar-refractivity contribution in [3.05, 3.63) is 59.7 Å². The van der Waals surface area contributed by atoms with Crippen molar-refractivity contribution in [2.75, 3.05) is 19.0 Å². The van der Waals surface area contributed by atoms with Crippen molar-refractivity contribution in [2.24, 2.45) is 0 Å². The lowest BCUT2D eigenvalue weighted by molar-refractivity contribution is 0.0693. The van der Waals surface area contributed by atoms with Crippen LogP contribution in [-0.4, -0.2) is 24.5 Å². The first kappa shape index (κ1) is 13.5. The Morgan fingerprint density at radius 3 is 2.62 bits per heavy atom. The van der Waals surface area contributed by atoms with Crippen molar-refractivity contribution in [1.29, 1.82) is 0 Å². The van der Waals surface area contributed by atoms with Crippen LogP contribution in [0.15, 0.2) is 48.5 Å². The molecule has 1 atom stereocenters. The summed E-state index contributed by atoms with van der Waals surface area (Å²) in [4.78, 5) is 14.5. The summed E-state index contributed by atoms with van der Waals surface area (Å²) in [6.45, 7) is 2.61. The summed E-state index contributed by atoms with van der Waals surface area (Å²) in [5.74, 6) is 0.823. The van der Waals surface area contributed by atoms with Crippen LogP contribution in [0.4, 0.5) is 5.69 Å². The van der Waals surface area contributed by atoms with Crippen LogP contribution in [0.5, 0.6) is 5.75 Å². The molecule has 0 radical (unpaired) electrons. The van der Waals surface area contributed by atoms with Crippen LogP contribution in [0.25, 0.3) is 0 Å². The fraction of sp³-hybridized carbons (Fsp3) is 0.235. The number of carbonyl (C=O) groups excluding carboxylic acids is 1. The van der Waals surface area contributed by atoms with Gasteiger partial charge in [-0.15, -0.1) is 0 Å². The van der Waals surface area contributed by atoms with E-state index >= 15 is 0 Å². The Labute approximate surface area is 124 Å². The monoisotopic (exact) mass is 282 g/mol. The lowest BCUT2D eigenvalue weighted by Gasteiger charge is -2.38. The minimum absolute atomic E-state index is 0.0442. The summed E-state index contributed by atoms with van der Waals surface area (Å²) in [5, 5.41) is 3.44. The number of amides is 1. The zero-order chi connectivity index (χ0) is 14.8. The first-order chi connectivity index (χ1) is 10.3. The van der Waals surface area contributed by atoms with E-state index in [1.54, 1.807) is 7.11 Å². The number of methoxy groups -OCH3 is 1. The second kappa shape index (κ2) is 5.48. The molecule has 4 heteroatoms. The molecule has 0 fully saturated rings. The lowest BCUT2D eigenvalue weighted by Crippen LogP contribution is -2.42. The Morgan fingerprint density at radius 1 is 1.14 bits per heavy atom. The number of carbonyl (C=O) groups is 1. The van der Waals surface area contributed by atoms with Crippen molar-refractivity contribution >= 4 is 11.6 Å². The third kappa shape index (κ3) is 2.23. The largest absolute Gasteiger partial charge is 0.496 e. The molecule has 1 amide bonds. The Kier molecular flexibility index (Phi) is 3.52. The van der Waals surface area contributed by atoms with Gasteiger partial charge in [0.2, 0.25) is 0 Å². The number of nitrogens with zero attached hydrogens (tertiary/aromatic N) is 1. The molecular formula is C17H18N2O2. The van der Waals surface area contributed by atoms with E-state index in [0.717, 1.165) is 17.0 Å². The molecular weight excluding hydrogens is 264 g/mol. The van der Waals surface area contributed by atoms with Crippen LogP contribution in [0, 0.1) is 0 Å². The summed E-state index contributed by atoms with van der Waals surface area (Å²) in [7, 11) is 1.65. The fourth-order valence-electron chi connectivity index (χ4n) is 2.76. The maximum Gasteiger partial charge on any atom is 0.257 e. The highest BCUT2D eigenvalue weighted by Crippen LogP contribution is 2.36. The summed E-state index contributed by atoms with van der Waals surface area (Å²) in [6, 6.07) is 15.4. The molecule has 2 aromatic rings. The molecule has 1 N–H and O–H groups in total. The van der Waals surface area contributed by atoms with Gasteiger partial charge in [-0.2, -0.15) is 0 Å². The van der Waals surface area contributed by atoms with Gasteiger partial charge in [-0.3, -0.25) is 4.79 Å². The van der Waals surface area contributed by atoms with Gasteiger partial charge >= 0.3 is 0 Å². The van der Waals surface area contributed by atoms with E-state index < -0.39 is 0 Å². The highest BCUT2D eigenvalue weighted by molar-refractivity contribution is 6.01. The van der Waals surface area contributed by atoms with Gasteiger partial charge in [-0.1, -0.05) is 30.3 Å². The van der Waals surface area contributed by atoms with Gasteiger partial charge in [0.05, 0.1) is 12.7 Å². The smallest absolute Gasteiger partial charge is 0.257 e. The molecule has 1 aliphatic heterocycles. The van der Waals surface area contributed by atoms with Crippen LogP contribution < -0.4 is 10.1 Å². The van der Waals surface area contributed by atoms with Gasteiger partial charge in [0, 0.05) is 17.8 Å². The Bertz CT molecular complexity index is 669.